The summed E-state index contributed by atoms with van der Waals surface area (Å²) in [7, 11) is -3.99. The normalized spacial score (nSPS) is 11.2. The second-order valence-electron chi connectivity index (χ2n) is 4.30. The average Bonchev–Trinajstić information content (AvgIpc) is 2.87. The number of aliphatic carboxylic acids is 1. The first-order chi connectivity index (χ1) is 10.2. The fraction of sp³-hybridized carbons (Fsp3) is 0.0769. The van der Waals surface area contributed by atoms with Crippen molar-refractivity contribution in [3.05, 3.63) is 45.1 Å². The average molecular weight is 360 g/mol. The van der Waals surface area contributed by atoms with Crippen LogP contribution in [0.5, 0.6) is 0 Å². The summed E-state index contributed by atoms with van der Waals surface area (Å²) < 4.78 is 27.0. The molecule has 1 aromatic heterocycles. The first-order valence-corrected chi connectivity index (χ1v) is 8.66. The van der Waals surface area contributed by atoms with Crippen molar-refractivity contribution in [3.8, 4) is 0 Å². The van der Waals surface area contributed by atoms with Gasteiger partial charge in [-0.2, -0.15) is 0 Å². The zero-order valence-electron chi connectivity index (χ0n) is 11.2. The number of hydrogen-bond acceptors (Lipinski definition) is 5. The number of thiophene rings is 1. The zero-order chi connectivity index (χ0) is 16.5. The highest BCUT2D eigenvalue weighted by Crippen LogP contribution is 2.28. The molecule has 116 valence electrons. The fourth-order valence-corrected chi connectivity index (χ4v) is 4.15. The van der Waals surface area contributed by atoms with Crippen LogP contribution in [0.2, 0.25) is 5.02 Å². The maximum Gasteiger partial charge on any atom is 0.377 e. The Hall–Kier alpha value is -1.90. The van der Waals surface area contributed by atoms with Gasteiger partial charge in [0.15, 0.2) is 0 Å². The SMILES string of the molecule is Cc1c(Cl)cccc1S(=O)(=O)Nc1cscc1C(=O)C(=O)O. The van der Waals surface area contributed by atoms with Gasteiger partial charge in [-0.25, -0.2) is 13.2 Å². The van der Waals surface area contributed by atoms with Crippen LogP contribution in [0.3, 0.4) is 0 Å². The number of Topliss-reactive ketones (excluding diaryl/α,β-unsaturated/α-hetero) is 1. The molecule has 1 aromatic carbocycles. The molecule has 0 aliphatic heterocycles. The number of benzene rings is 1. The largest absolute Gasteiger partial charge is 0.475 e. The van der Waals surface area contributed by atoms with Gasteiger partial charge >= 0.3 is 5.97 Å². The van der Waals surface area contributed by atoms with E-state index in [2.05, 4.69) is 4.72 Å². The summed E-state index contributed by atoms with van der Waals surface area (Å²) in [4.78, 5) is 22.2. The smallest absolute Gasteiger partial charge is 0.377 e. The molecule has 0 atom stereocenters. The number of anilines is 1. The summed E-state index contributed by atoms with van der Waals surface area (Å²) in [6.45, 7) is 1.55. The molecule has 0 bridgehead atoms. The summed E-state index contributed by atoms with van der Waals surface area (Å²) in [6.07, 6.45) is 0. The van der Waals surface area contributed by atoms with Gasteiger partial charge in [0.1, 0.15) is 0 Å². The predicted octanol–water partition coefficient (Wildman–Crippen LogP) is 2.78. The summed E-state index contributed by atoms with van der Waals surface area (Å²) in [5.41, 5.74) is 0.0792. The Morgan fingerprint density at radius 1 is 1.27 bits per heavy atom. The van der Waals surface area contributed by atoms with E-state index in [-0.39, 0.29) is 21.2 Å². The van der Waals surface area contributed by atoms with Gasteiger partial charge in [0.25, 0.3) is 15.8 Å². The van der Waals surface area contributed by atoms with Crippen molar-refractivity contribution in [3.63, 3.8) is 0 Å². The second kappa shape index (κ2) is 6.07. The van der Waals surface area contributed by atoms with Crippen LogP contribution in [0.4, 0.5) is 5.69 Å². The van der Waals surface area contributed by atoms with Gasteiger partial charge in [-0.05, 0) is 24.6 Å². The molecular weight excluding hydrogens is 350 g/mol. The van der Waals surface area contributed by atoms with Gasteiger partial charge in [-0.3, -0.25) is 9.52 Å². The molecule has 0 unspecified atom stereocenters. The van der Waals surface area contributed by atoms with Crippen LogP contribution >= 0.6 is 22.9 Å². The molecule has 22 heavy (non-hydrogen) atoms. The Morgan fingerprint density at radius 3 is 2.59 bits per heavy atom. The van der Waals surface area contributed by atoms with Crippen molar-refractivity contribution < 1.29 is 23.1 Å². The first kappa shape index (κ1) is 16.5. The summed E-state index contributed by atoms with van der Waals surface area (Å²) in [5, 5.41) is 11.7. The molecule has 0 aliphatic carbocycles. The highest BCUT2D eigenvalue weighted by molar-refractivity contribution is 7.92. The molecule has 0 aliphatic rings. The van der Waals surface area contributed by atoms with Crippen molar-refractivity contribution >= 4 is 50.4 Å². The molecular formula is C13H10ClNO5S2. The number of rotatable bonds is 5. The van der Waals surface area contributed by atoms with Crippen LogP contribution in [-0.4, -0.2) is 25.3 Å². The third kappa shape index (κ3) is 3.13. The van der Waals surface area contributed by atoms with Gasteiger partial charge in [0, 0.05) is 15.8 Å². The van der Waals surface area contributed by atoms with E-state index in [9.17, 15) is 18.0 Å². The fourth-order valence-electron chi connectivity index (χ4n) is 1.75. The van der Waals surface area contributed by atoms with E-state index in [0.29, 0.717) is 5.56 Å². The Balaban J connectivity index is 2.43. The van der Waals surface area contributed by atoms with Crippen LogP contribution in [-0.2, 0) is 14.8 Å². The predicted molar refractivity (Wildman–Crippen MR) is 83.3 cm³/mol. The standard InChI is InChI=1S/C13H10ClNO5S2/c1-7-9(14)3-2-4-11(7)22(19,20)15-10-6-21-5-8(10)12(16)13(17)18/h2-6,15H,1H3,(H,17,18). The molecule has 2 N–H and O–H groups in total. The molecule has 0 amide bonds. The van der Waals surface area contributed by atoms with Gasteiger partial charge in [-0.15, -0.1) is 11.3 Å². The second-order valence-corrected chi connectivity index (χ2v) is 7.10. The maximum atomic E-state index is 12.4. The number of sulfonamides is 1. The van der Waals surface area contributed by atoms with E-state index < -0.39 is 21.8 Å². The quantitative estimate of drug-likeness (QED) is 0.631. The Kier molecular flexibility index (Phi) is 4.55. The van der Waals surface area contributed by atoms with Gasteiger partial charge < -0.3 is 5.11 Å². The van der Waals surface area contributed by atoms with E-state index in [1.807, 2.05) is 0 Å². The molecule has 1 heterocycles. The third-order valence-electron chi connectivity index (χ3n) is 2.85. The van der Waals surface area contributed by atoms with E-state index in [1.165, 1.54) is 22.9 Å². The summed E-state index contributed by atoms with van der Waals surface area (Å²) in [6, 6.07) is 4.41. The number of hydrogen-bond donors (Lipinski definition) is 2. The van der Waals surface area contributed by atoms with E-state index >= 15 is 0 Å². The number of carboxylic acid groups (broad SMARTS) is 1. The minimum atomic E-state index is -3.99. The van der Waals surface area contributed by atoms with Crippen molar-refractivity contribution in [2.45, 2.75) is 11.8 Å². The van der Waals surface area contributed by atoms with Crippen LogP contribution in [0, 0.1) is 6.92 Å². The zero-order valence-corrected chi connectivity index (χ0v) is 13.6. The lowest BCUT2D eigenvalue weighted by molar-refractivity contribution is -0.131. The summed E-state index contributed by atoms with van der Waals surface area (Å²) in [5.74, 6) is -2.83. The van der Waals surface area contributed by atoms with Crippen molar-refractivity contribution in [1.29, 1.82) is 0 Å². The van der Waals surface area contributed by atoms with Gasteiger partial charge in [0.05, 0.1) is 16.1 Å². The molecule has 9 heteroatoms. The lowest BCUT2D eigenvalue weighted by Crippen LogP contribution is -2.18. The molecule has 2 rings (SSSR count). The van der Waals surface area contributed by atoms with E-state index in [1.54, 1.807) is 13.0 Å². The Labute approximate surface area is 135 Å². The Morgan fingerprint density at radius 2 is 1.95 bits per heavy atom. The lowest BCUT2D eigenvalue weighted by Gasteiger charge is -2.11. The number of carbonyl (C=O) groups excluding carboxylic acids is 1. The summed E-state index contributed by atoms with van der Waals surface area (Å²) >= 11 is 6.92. The molecule has 0 fully saturated rings. The van der Waals surface area contributed by atoms with Crippen molar-refractivity contribution in [2.24, 2.45) is 0 Å². The molecule has 6 nitrogen and oxygen atoms in total. The first-order valence-electron chi connectivity index (χ1n) is 5.86. The van der Waals surface area contributed by atoms with Crippen molar-refractivity contribution in [1.82, 2.24) is 0 Å². The molecule has 2 aromatic rings. The van der Waals surface area contributed by atoms with Gasteiger partial charge in [-0.1, -0.05) is 17.7 Å². The van der Waals surface area contributed by atoms with E-state index in [0.717, 1.165) is 11.3 Å². The Bertz CT molecular complexity index is 857. The molecule has 0 radical (unpaired) electrons. The number of halogens is 1. The minimum absolute atomic E-state index is 0.0417. The van der Waals surface area contributed by atoms with Gasteiger partial charge in [0.2, 0.25) is 0 Å². The van der Waals surface area contributed by atoms with E-state index in [4.69, 9.17) is 16.7 Å². The number of carboxylic acids is 1. The van der Waals surface area contributed by atoms with Crippen LogP contribution in [0.25, 0.3) is 0 Å². The van der Waals surface area contributed by atoms with Crippen LogP contribution in [0.1, 0.15) is 15.9 Å². The number of nitrogens with one attached hydrogen (secondary N) is 1. The van der Waals surface area contributed by atoms with Crippen LogP contribution in [0.15, 0.2) is 33.9 Å². The molecule has 0 spiro atoms. The maximum absolute atomic E-state index is 12.4. The topological polar surface area (TPSA) is 101 Å². The molecule has 0 saturated heterocycles. The van der Waals surface area contributed by atoms with Crippen LogP contribution < -0.4 is 4.72 Å². The number of ketones is 1. The third-order valence-corrected chi connectivity index (χ3v) is 5.52. The van der Waals surface area contributed by atoms with Crippen molar-refractivity contribution in [2.75, 3.05) is 4.72 Å². The lowest BCUT2D eigenvalue weighted by atomic mass is 10.2. The minimum Gasteiger partial charge on any atom is -0.475 e. The molecule has 0 saturated carbocycles. The highest BCUT2D eigenvalue weighted by Gasteiger charge is 2.24. The number of carbonyl (C=O) groups is 2. The monoisotopic (exact) mass is 359 g/mol. The highest BCUT2D eigenvalue weighted by atomic mass is 35.5.